The largest absolute Gasteiger partial charge is 0.395 e. The first-order valence-corrected chi connectivity index (χ1v) is 11.6. The number of hydrazine groups is 2. The van der Waals surface area contributed by atoms with Crippen molar-refractivity contribution >= 4 is 29.1 Å². The lowest BCUT2D eigenvalue weighted by atomic mass is 10.1. The fourth-order valence-electron chi connectivity index (χ4n) is 3.80. The summed E-state index contributed by atoms with van der Waals surface area (Å²) in [6, 6.07) is 8.08. The average molecular weight is 456 g/mol. The van der Waals surface area contributed by atoms with Crippen LogP contribution in [0.4, 0.5) is 23.3 Å². The Labute approximate surface area is 196 Å². The van der Waals surface area contributed by atoms with Crippen LogP contribution in [0.15, 0.2) is 24.3 Å². The van der Waals surface area contributed by atoms with Crippen molar-refractivity contribution in [3.8, 4) is 0 Å². The number of aliphatic hydroxyl groups excluding tert-OH is 1. The Morgan fingerprint density at radius 2 is 1.82 bits per heavy atom. The van der Waals surface area contributed by atoms with E-state index < -0.39 is 0 Å². The first-order chi connectivity index (χ1) is 15.6. The van der Waals surface area contributed by atoms with E-state index in [2.05, 4.69) is 57.4 Å². The molecule has 2 heterocycles. The Morgan fingerprint density at radius 1 is 1.12 bits per heavy atom. The SMILES string of the molecule is CC(=O)c1cccc(CNc2nc(N(CCO)C(C)C)nc3c2N(C(C)C)NN3C(C)C)c1. The van der Waals surface area contributed by atoms with E-state index >= 15 is 0 Å². The lowest BCUT2D eigenvalue weighted by Gasteiger charge is -2.28. The van der Waals surface area contributed by atoms with E-state index in [1.165, 1.54) is 0 Å². The molecule has 0 saturated carbocycles. The molecule has 0 spiro atoms. The highest BCUT2D eigenvalue weighted by Crippen LogP contribution is 2.41. The minimum atomic E-state index is 0.0174. The molecule has 33 heavy (non-hydrogen) atoms. The van der Waals surface area contributed by atoms with Crippen molar-refractivity contribution in [3.05, 3.63) is 35.4 Å². The zero-order valence-electron chi connectivity index (χ0n) is 20.8. The van der Waals surface area contributed by atoms with E-state index in [1.807, 2.05) is 34.2 Å². The molecule has 3 N–H and O–H groups in total. The van der Waals surface area contributed by atoms with E-state index in [9.17, 15) is 9.90 Å². The molecule has 0 fully saturated rings. The van der Waals surface area contributed by atoms with Gasteiger partial charge in [-0.15, -0.1) is 5.53 Å². The molecule has 0 saturated heterocycles. The number of benzene rings is 1. The van der Waals surface area contributed by atoms with Crippen molar-refractivity contribution in [2.45, 2.75) is 73.1 Å². The zero-order chi connectivity index (χ0) is 24.3. The zero-order valence-corrected chi connectivity index (χ0v) is 20.8. The molecule has 1 aromatic carbocycles. The molecule has 1 aliphatic rings. The fourth-order valence-corrected chi connectivity index (χ4v) is 3.80. The van der Waals surface area contributed by atoms with Gasteiger partial charge in [0.1, 0.15) is 5.69 Å². The van der Waals surface area contributed by atoms with Crippen LogP contribution in [0.25, 0.3) is 0 Å². The number of hydrogen-bond acceptors (Lipinski definition) is 9. The van der Waals surface area contributed by atoms with Crippen molar-refractivity contribution in [1.82, 2.24) is 15.5 Å². The Balaban J connectivity index is 2.07. The van der Waals surface area contributed by atoms with Gasteiger partial charge in [0, 0.05) is 36.8 Å². The van der Waals surface area contributed by atoms with Crippen molar-refractivity contribution < 1.29 is 9.90 Å². The Bertz CT molecular complexity index is 977. The predicted molar refractivity (Wildman–Crippen MR) is 134 cm³/mol. The first kappa shape index (κ1) is 24.7. The third-order valence-electron chi connectivity index (χ3n) is 5.59. The molecular formula is C24H37N7O2. The number of ketones is 1. The van der Waals surface area contributed by atoms with Crippen LogP contribution in [0.5, 0.6) is 0 Å². The van der Waals surface area contributed by atoms with Crippen LogP contribution in [0, 0.1) is 0 Å². The number of nitrogens with zero attached hydrogens (tertiary/aromatic N) is 5. The van der Waals surface area contributed by atoms with Crippen molar-refractivity contribution in [3.63, 3.8) is 0 Å². The summed E-state index contributed by atoms with van der Waals surface area (Å²) in [5.41, 5.74) is 6.03. The highest BCUT2D eigenvalue weighted by atomic mass is 16.3. The minimum Gasteiger partial charge on any atom is -0.395 e. The number of carbonyl (C=O) groups excluding carboxylic acids is 1. The maximum Gasteiger partial charge on any atom is 0.229 e. The van der Waals surface area contributed by atoms with E-state index in [-0.39, 0.29) is 30.5 Å². The summed E-state index contributed by atoms with van der Waals surface area (Å²) in [6.45, 7) is 15.1. The van der Waals surface area contributed by atoms with Gasteiger partial charge in [0.15, 0.2) is 17.4 Å². The summed E-state index contributed by atoms with van der Waals surface area (Å²) in [7, 11) is 0. The maximum absolute atomic E-state index is 11.8. The molecule has 0 bridgehead atoms. The smallest absolute Gasteiger partial charge is 0.229 e. The number of anilines is 4. The number of aliphatic hydroxyl groups is 1. The van der Waals surface area contributed by atoms with E-state index in [0.29, 0.717) is 30.4 Å². The molecule has 3 rings (SSSR count). The number of Topliss-reactive ketones (excluding diaryl/α,β-unsaturated/α-hetero) is 1. The number of hydrogen-bond donors (Lipinski definition) is 3. The molecule has 0 radical (unpaired) electrons. The van der Waals surface area contributed by atoms with Crippen LogP contribution in [-0.2, 0) is 6.54 Å². The van der Waals surface area contributed by atoms with Crippen LogP contribution >= 0.6 is 0 Å². The lowest BCUT2D eigenvalue weighted by molar-refractivity contribution is 0.101. The Kier molecular flexibility index (Phi) is 7.76. The van der Waals surface area contributed by atoms with Gasteiger partial charge in [-0.2, -0.15) is 9.97 Å². The standard InChI is InChI=1S/C24H37N7O2/c1-15(2)29(11-12-32)24-26-22(25-14-19-9-8-10-20(13-19)18(7)33)21-23(27-24)31(17(5)6)28-30(21)16(3)4/h8-10,13,15-17,28,32H,11-12,14H2,1-7H3,(H,25,26,27). The fraction of sp³-hybridized carbons (Fsp3) is 0.542. The van der Waals surface area contributed by atoms with Gasteiger partial charge >= 0.3 is 0 Å². The summed E-state index contributed by atoms with van der Waals surface area (Å²) in [6.07, 6.45) is 0. The summed E-state index contributed by atoms with van der Waals surface area (Å²) in [5, 5.41) is 17.2. The molecular weight excluding hydrogens is 418 g/mol. The molecule has 0 atom stereocenters. The van der Waals surface area contributed by atoms with E-state index in [1.54, 1.807) is 6.92 Å². The monoisotopic (exact) mass is 455 g/mol. The Morgan fingerprint density at radius 3 is 2.39 bits per heavy atom. The molecule has 0 aliphatic carbocycles. The van der Waals surface area contributed by atoms with Gasteiger partial charge in [-0.05, 0) is 60.1 Å². The van der Waals surface area contributed by atoms with Gasteiger partial charge < -0.3 is 15.3 Å². The molecule has 1 aliphatic heterocycles. The van der Waals surface area contributed by atoms with Gasteiger partial charge in [-0.3, -0.25) is 14.8 Å². The van der Waals surface area contributed by atoms with Crippen LogP contribution in [0.1, 0.15) is 64.4 Å². The average Bonchev–Trinajstić information content (AvgIpc) is 3.16. The maximum atomic E-state index is 11.8. The third kappa shape index (κ3) is 5.36. The topological polar surface area (TPSA) is 96.9 Å². The van der Waals surface area contributed by atoms with E-state index in [4.69, 9.17) is 9.97 Å². The highest BCUT2D eigenvalue weighted by molar-refractivity contribution is 5.94. The van der Waals surface area contributed by atoms with E-state index in [0.717, 1.165) is 17.1 Å². The molecule has 9 heteroatoms. The number of nitrogens with one attached hydrogen (secondary N) is 2. The summed E-state index contributed by atoms with van der Waals surface area (Å²) >= 11 is 0. The second kappa shape index (κ2) is 10.4. The summed E-state index contributed by atoms with van der Waals surface area (Å²) in [5.74, 6) is 2.11. The van der Waals surface area contributed by atoms with Crippen LogP contribution in [-0.4, -0.2) is 52.1 Å². The number of aromatic nitrogens is 2. The third-order valence-corrected chi connectivity index (χ3v) is 5.59. The van der Waals surface area contributed by atoms with Gasteiger partial charge in [-0.25, -0.2) is 0 Å². The van der Waals surface area contributed by atoms with Crippen molar-refractivity contribution in [1.29, 1.82) is 0 Å². The van der Waals surface area contributed by atoms with Crippen molar-refractivity contribution in [2.24, 2.45) is 0 Å². The number of carbonyl (C=O) groups is 1. The van der Waals surface area contributed by atoms with Crippen LogP contribution in [0.2, 0.25) is 0 Å². The second-order valence-electron chi connectivity index (χ2n) is 9.19. The first-order valence-electron chi connectivity index (χ1n) is 11.6. The quantitative estimate of drug-likeness (QED) is 0.466. The molecule has 1 aromatic heterocycles. The normalized spacial score (nSPS) is 13.3. The lowest BCUT2D eigenvalue weighted by Crippen LogP contribution is -2.50. The number of fused-ring (bicyclic) bond motifs is 1. The molecule has 9 nitrogen and oxygen atoms in total. The second-order valence-corrected chi connectivity index (χ2v) is 9.19. The summed E-state index contributed by atoms with van der Waals surface area (Å²) in [4.78, 5) is 23.6. The van der Waals surface area contributed by atoms with Gasteiger partial charge in [0.05, 0.1) is 6.61 Å². The molecule has 2 aromatic rings. The van der Waals surface area contributed by atoms with Gasteiger partial charge in [0.25, 0.3) is 0 Å². The molecule has 0 amide bonds. The molecule has 0 unspecified atom stereocenters. The molecule has 180 valence electrons. The van der Waals surface area contributed by atoms with Crippen molar-refractivity contribution in [2.75, 3.05) is 33.4 Å². The van der Waals surface area contributed by atoms with Crippen LogP contribution < -0.4 is 25.8 Å². The highest BCUT2D eigenvalue weighted by Gasteiger charge is 2.35. The Hall–Kier alpha value is -2.91. The number of rotatable bonds is 10. The van der Waals surface area contributed by atoms with Gasteiger partial charge in [0.2, 0.25) is 5.95 Å². The predicted octanol–water partition coefficient (Wildman–Crippen LogP) is 3.36. The van der Waals surface area contributed by atoms with Gasteiger partial charge in [-0.1, -0.05) is 18.2 Å². The summed E-state index contributed by atoms with van der Waals surface area (Å²) < 4.78 is 0. The minimum absolute atomic E-state index is 0.0174. The van der Waals surface area contributed by atoms with Crippen LogP contribution in [0.3, 0.4) is 0 Å².